The predicted molar refractivity (Wildman–Crippen MR) is 132 cm³/mol. The molecule has 1 aliphatic heterocycles. The first-order chi connectivity index (χ1) is 16.5. The second-order valence-electron chi connectivity index (χ2n) is 8.51. The van der Waals surface area contributed by atoms with Gasteiger partial charge in [0.25, 0.3) is 0 Å². The van der Waals surface area contributed by atoms with Crippen LogP contribution in [0, 0.1) is 0 Å². The number of phenolic OH excluding ortho intramolecular Hbond substituents is 1. The van der Waals surface area contributed by atoms with E-state index in [1.807, 2.05) is 18.2 Å². The van der Waals surface area contributed by atoms with E-state index in [0.717, 1.165) is 31.6 Å². The number of carbonyl (C=O) groups excluding carboxylic acids is 2. The SMILES string of the molecule is O=C(CN1CCC(Nc2ccc(O)cc2CO)CC1)Nc1ccc(C(=O)c2ccccc2)cc1. The van der Waals surface area contributed by atoms with Crippen LogP contribution in [-0.4, -0.2) is 52.5 Å². The molecule has 0 bridgehead atoms. The highest BCUT2D eigenvalue weighted by Gasteiger charge is 2.21. The Balaban J connectivity index is 1.24. The molecule has 7 heteroatoms. The van der Waals surface area contributed by atoms with Crippen molar-refractivity contribution in [3.05, 3.63) is 89.5 Å². The second kappa shape index (κ2) is 11.0. The van der Waals surface area contributed by atoms with Crippen molar-refractivity contribution in [2.45, 2.75) is 25.5 Å². The summed E-state index contributed by atoms with van der Waals surface area (Å²) in [5.74, 6) is -0.00381. The molecule has 0 saturated carbocycles. The monoisotopic (exact) mass is 459 g/mol. The summed E-state index contributed by atoms with van der Waals surface area (Å²) in [6.07, 6.45) is 1.74. The van der Waals surface area contributed by atoms with Crippen molar-refractivity contribution < 1.29 is 19.8 Å². The maximum Gasteiger partial charge on any atom is 0.238 e. The normalized spacial score (nSPS) is 14.5. The summed E-state index contributed by atoms with van der Waals surface area (Å²) in [4.78, 5) is 27.2. The number of hydrogen-bond donors (Lipinski definition) is 4. The number of phenols is 1. The molecule has 176 valence electrons. The molecular formula is C27H29N3O4. The van der Waals surface area contributed by atoms with Gasteiger partial charge in [0, 0.05) is 47.2 Å². The van der Waals surface area contributed by atoms with E-state index in [1.165, 1.54) is 0 Å². The zero-order chi connectivity index (χ0) is 23.9. The fraction of sp³-hybridized carbons (Fsp3) is 0.259. The Morgan fingerprint density at radius 3 is 2.26 bits per heavy atom. The number of anilines is 2. The molecule has 1 fully saturated rings. The number of ketones is 1. The van der Waals surface area contributed by atoms with Gasteiger partial charge in [0.05, 0.1) is 13.2 Å². The lowest BCUT2D eigenvalue weighted by Crippen LogP contribution is -2.42. The van der Waals surface area contributed by atoms with Crippen LogP contribution >= 0.6 is 0 Å². The number of piperidine rings is 1. The van der Waals surface area contributed by atoms with Gasteiger partial charge in [-0.3, -0.25) is 14.5 Å². The first-order valence-corrected chi connectivity index (χ1v) is 11.4. The van der Waals surface area contributed by atoms with Crippen molar-refractivity contribution in [1.82, 2.24) is 4.90 Å². The summed E-state index contributed by atoms with van der Waals surface area (Å²) >= 11 is 0. The third-order valence-corrected chi connectivity index (χ3v) is 6.04. The van der Waals surface area contributed by atoms with Gasteiger partial charge in [0.1, 0.15) is 5.75 Å². The Hall–Kier alpha value is -3.68. The zero-order valence-electron chi connectivity index (χ0n) is 18.9. The van der Waals surface area contributed by atoms with Crippen LogP contribution in [0.25, 0.3) is 0 Å². The molecule has 1 saturated heterocycles. The van der Waals surface area contributed by atoms with Crippen molar-refractivity contribution in [2.24, 2.45) is 0 Å². The summed E-state index contributed by atoms with van der Waals surface area (Å²) in [5.41, 5.74) is 3.37. The van der Waals surface area contributed by atoms with E-state index in [1.54, 1.807) is 54.6 Å². The standard InChI is InChI=1S/C27H29N3O4/c31-18-21-16-24(32)10-11-25(21)28-23-12-14-30(15-13-23)17-26(33)29-22-8-6-20(7-9-22)27(34)19-4-2-1-3-5-19/h1-11,16,23,28,31-32H,12-15,17-18H2,(H,29,33). The summed E-state index contributed by atoms with van der Waals surface area (Å²) in [7, 11) is 0. The van der Waals surface area contributed by atoms with Crippen LogP contribution in [-0.2, 0) is 11.4 Å². The number of rotatable bonds is 8. The number of likely N-dealkylation sites (tertiary alicyclic amines) is 1. The minimum absolute atomic E-state index is 0.0478. The Bertz CT molecular complexity index is 1120. The van der Waals surface area contributed by atoms with Crippen molar-refractivity contribution in [3.8, 4) is 5.75 Å². The number of aromatic hydroxyl groups is 1. The minimum atomic E-state index is -0.142. The van der Waals surface area contributed by atoms with Crippen LogP contribution in [0.2, 0.25) is 0 Å². The van der Waals surface area contributed by atoms with Crippen LogP contribution in [0.5, 0.6) is 5.75 Å². The average molecular weight is 460 g/mol. The first-order valence-electron chi connectivity index (χ1n) is 11.4. The van der Waals surface area contributed by atoms with E-state index in [4.69, 9.17) is 0 Å². The highest BCUT2D eigenvalue weighted by molar-refractivity contribution is 6.09. The fourth-order valence-corrected chi connectivity index (χ4v) is 4.17. The van der Waals surface area contributed by atoms with E-state index in [2.05, 4.69) is 15.5 Å². The van der Waals surface area contributed by atoms with Gasteiger partial charge >= 0.3 is 0 Å². The summed E-state index contributed by atoms with van der Waals surface area (Å²) in [6.45, 7) is 1.72. The lowest BCUT2D eigenvalue weighted by atomic mass is 10.0. The lowest BCUT2D eigenvalue weighted by Gasteiger charge is -2.32. The molecule has 1 aliphatic rings. The Kier molecular flexibility index (Phi) is 7.57. The van der Waals surface area contributed by atoms with Crippen LogP contribution in [0.4, 0.5) is 11.4 Å². The van der Waals surface area contributed by atoms with Crippen LogP contribution < -0.4 is 10.6 Å². The molecule has 1 amide bonds. The number of nitrogens with one attached hydrogen (secondary N) is 2. The van der Waals surface area contributed by atoms with E-state index >= 15 is 0 Å². The van der Waals surface area contributed by atoms with E-state index in [9.17, 15) is 19.8 Å². The van der Waals surface area contributed by atoms with Gasteiger partial charge in [-0.05, 0) is 55.3 Å². The smallest absolute Gasteiger partial charge is 0.238 e. The number of amides is 1. The maximum absolute atomic E-state index is 12.5. The molecule has 7 nitrogen and oxygen atoms in total. The zero-order valence-corrected chi connectivity index (χ0v) is 18.9. The summed E-state index contributed by atoms with van der Waals surface area (Å²) in [6, 6.07) is 21.2. The van der Waals surface area contributed by atoms with E-state index in [-0.39, 0.29) is 30.1 Å². The molecule has 1 heterocycles. The molecular weight excluding hydrogens is 430 g/mol. The first kappa shape index (κ1) is 23.5. The van der Waals surface area contributed by atoms with Crippen LogP contribution in [0.1, 0.15) is 34.3 Å². The van der Waals surface area contributed by atoms with Gasteiger partial charge in [-0.15, -0.1) is 0 Å². The second-order valence-corrected chi connectivity index (χ2v) is 8.51. The van der Waals surface area contributed by atoms with Gasteiger partial charge in [-0.1, -0.05) is 30.3 Å². The van der Waals surface area contributed by atoms with Crippen molar-refractivity contribution in [1.29, 1.82) is 0 Å². The Labute approximate surface area is 199 Å². The van der Waals surface area contributed by atoms with Gasteiger partial charge in [0.2, 0.25) is 5.91 Å². The number of carbonyl (C=O) groups is 2. The van der Waals surface area contributed by atoms with Crippen LogP contribution in [0.15, 0.2) is 72.8 Å². The summed E-state index contributed by atoms with van der Waals surface area (Å²) < 4.78 is 0. The number of aliphatic hydroxyl groups excluding tert-OH is 1. The molecule has 0 radical (unpaired) electrons. The number of nitrogens with zero attached hydrogens (tertiary/aromatic N) is 1. The van der Waals surface area contributed by atoms with Crippen LogP contribution in [0.3, 0.4) is 0 Å². The highest BCUT2D eigenvalue weighted by atomic mass is 16.3. The van der Waals surface area contributed by atoms with E-state index < -0.39 is 0 Å². The third-order valence-electron chi connectivity index (χ3n) is 6.04. The van der Waals surface area contributed by atoms with Gasteiger partial charge in [-0.25, -0.2) is 0 Å². The fourth-order valence-electron chi connectivity index (χ4n) is 4.17. The quantitative estimate of drug-likeness (QED) is 0.303. The van der Waals surface area contributed by atoms with Crippen molar-refractivity contribution in [2.75, 3.05) is 30.3 Å². The maximum atomic E-state index is 12.5. The molecule has 34 heavy (non-hydrogen) atoms. The minimum Gasteiger partial charge on any atom is -0.508 e. The highest BCUT2D eigenvalue weighted by Crippen LogP contribution is 2.24. The third kappa shape index (κ3) is 6.01. The predicted octanol–water partition coefficient (Wildman–Crippen LogP) is 3.63. The van der Waals surface area contributed by atoms with Crippen molar-refractivity contribution >= 4 is 23.1 Å². The molecule has 0 spiro atoms. The topological polar surface area (TPSA) is 102 Å². The number of aliphatic hydroxyl groups is 1. The lowest BCUT2D eigenvalue weighted by molar-refractivity contribution is -0.117. The molecule has 3 aromatic carbocycles. The van der Waals surface area contributed by atoms with Gasteiger partial charge < -0.3 is 20.8 Å². The average Bonchev–Trinajstić information content (AvgIpc) is 2.86. The number of benzene rings is 3. The van der Waals surface area contributed by atoms with E-state index in [0.29, 0.717) is 28.9 Å². The molecule has 0 aromatic heterocycles. The molecule has 4 rings (SSSR count). The largest absolute Gasteiger partial charge is 0.508 e. The molecule has 3 aromatic rings. The Morgan fingerprint density at radius 2 is 1.59 bits per heavy atom. The molecule has 0 atom stereocenters. The molecule has 0 aliphatic carbocycles. The number of hydrogen-bond acceptors (Lipinski definition) is 6. The Morgan fingerprint density at radius 1 is 0.912 bits per heavy atom. The molecule has 0 unspecified atom stereocenters. The summed E-state index contributed by atoms with van der Waals surface area (Å²) in [5, 5.41) is 25.4. The molecule has 4 N–H and O–H groups in total. The van der Waals surface area contributed by atoms with Gasteiger partial charge in [0.15, 0.2) is 5.78 Å². The van der Waals surface area contributed by atoms with Gasteiger partial charge in [-0.2, -0.15) is 0 Å². The van der Waals surface area contributed by atoms with Crippen molar-refractivity contribution in [3.63, 3.8) is 0 Å².